The molecule has 1 aromatic heterocycles. The normalized spacial score (nSPS) is 16.6. The molecular formula is C26H25Cl2N5O3. The second-order valence-electron chi connectivity index (χ2n) is 9.44. The molecule has 2 aliphatic heterocycles. The molecule has 186 valence electrons. The van der Waals surface area contributed by atoms with Gasteiger partial charge in [-0.1, -0.05) is 29.3 Å². The Bertz CT molecular complexity index is 1470. The highest BCUT2D eigenvalue weighted by molar-refractivity contribution is 6.42. The number of carbonyl (C=O) groups is 2. The van der Waals surface area contributed by atoms with Crippen molar-refractivity contribution in [3.05, 3.63) is 84.7 Å². The summed E-state index contributed by atoms with van der Waals surface area (Å²) in [7, 11) is 0. The zero-order valence-corrected chi connectivity index (χ0v) is 21.6. The molecular weight excluding hydrogens is 501 g/mol. The number of nitrogens with zero attached hydrogens (tertiary/aromatic N) is 3. The average molecular weight is 526 g/mol. The molecule has 0 bridgehead atoms. The lowest BCUT2D eigenvalue weighted by atomic mass is 9.98. The first kappa shape index (κ1) is 24.3. The van der Waals surface area contributed by atoms with Crippen molar-refractivity contribution in [3.8, 4) is 5.69 Å². The van der Waals surface area contributed by atoms with Gasteiger partial charge in [0, 0.05) is 35.3 Å². The van der Waals surface area contributed by atoms with Crippen LogP contribution in [0.4, 0.5) is 5.95 Å². The van der Waals surface area contributed by atoms with Crippen molar-refractivity contribution in [1.82, 2.24) is 19.8 Å². The van der Waals surface area contributed by atoms with Crippen molar-refractivity contribution in [2.24, 2.45) is 0 Å². The van der Waals surface area contributed by atoms with Crippen LogP contribution < -0.4 is 16.2 Å². The van der Waals surface area contributed by atoms with Crippen LogP contribution in [-0.2, 0) is 19.5 Å². The zero-order valence-electron chi connectivity index (χ0n) is 20.1. The SMILES string of the molecule is CC(C)Nc1nc2c(c(=O)n1-c1ccc3c(c1)C(=O)NC3)C[C@@H](C)N(C(=O)c1ccc(Cl)c(Cl)c1)C2. The first-order valence-electron chi connectivity index (χ1n) is 11.7. The Morgan fingerprint density at radius 1 is 1.14 bits per heavy atom. The van der Waals surface area contributed by atoms with E-state index in [1.807, 2.05) is 32.9 Å². The first-order valence-corrected chi connectivity index (χ1v) is 12.5. The molecule has 0 fully saturated rings. The maximum absolute atomic E-state index is 13.8. The van der Waals surface area contributed by atoms with E-state index in [-0.39, 0.29) is 36.0 Å². The van der Waals surface area contributed by atoms with Gasteiger partial charge in [0.2, 0.25) is 5.95 Å². The molecule has 3 heterocycles. The summed E-state index contributed by atoms with van der Waals surface area (Å²) in [4.78, 5) is 45.9. The number of carbonyl (C=O) groups excluding carboxylic acids is 2. The molecule has 0 saturated carbocycles. The third-order valence-corrected chi connectivity index (χ3v) is 7.23. The van der Waals surface area contributed by atoms with Gasteiger partial charge in [0.05, 0.1) is 28.0 Å². The van der Waals surface area contributed by atoms with Gasteiger partial charge in [0.1, 0.15) is 0 Å². The van der Waals surface area contributed by atoms with Crippen LogP contribution in [0.25, 0.3) is 5.69 Å². The van der Waals surface area contributed by atoms with Gasteiger partial charge >= 0.3 is 0 Å². The van der Waals surface area contributed by atoms with Gasteiger partial charge in [-0.05, 0) is 63.1 Å². The number of rotatable bonds is 4. The Labute approximate surface area is 218 Å². The van der Waals surface area contributed by atoms with Crippen molar-refractivity contribution in [2.75, 3.05) is 5.32 Å². The van der Waals surface area contributed by atoms with E-state index in [0.29, 0.717) is 57.0 Å². The van der Waals surface area contributed by atoms with E-state index in [0.717, 1.165) is 5.56 Å². The second-order valence-corrected chi connectivity index (χ2v) is 10.3. The zero-order chi connectivity index (χ0) is 25.7. The molecule has 3 aromatic rings. The smallest absolute Gasteiger partial charge is 0.263 e. The van der Waals surface area contributed by atoms with E-state index >= 15 is 0 Å². The Hall–Kier alpha value is -3.36. The summed E-state index contributed by atoms with van der Waals surface area (Å²) < 4.78 is 1.52. The monoisotopic (exact) mass is 525 g/mol. The van der Waals surface area contributed by atoms with Gasteiger partial charge in [-0.15, -0.1) is 0 Å². The molecule has 2 aromatic carbocycles. The molecule has 2 aliphatic rings. The van der Waals surface area contributed by atoms with E-state index in [4.69, 9.17) is 28.2 Å². The first-order chi connectivity index (χ1) is 17.1. The van der Waals surface area contributed by atoms with Crippen LogP contribution in [0.3, 0.4) is 0 Å². The van der Waals surface area contributed by atoms with Crippen LogP contribution in [0.5, 0.6) is 0 Å². The summed E-state index contributed by atoms with van der Waals surface area (Å²) in [6, 6.07) is 9.95. The van der Waals surface area contributed by atoms with Gasteiger partial charge in [-0.3, -0.25) is 14.4 Å². The van der Waals surface area contributed by atoms with Gasteiger partial charge in [0.15, 0.2) is 0 Å². The van der Waals surface area contributed by atoms with Crippen LogP contribution in [0.2, 0.25) is 10.0 Å². The highest BCUT2D eigenvalue weighted by Crippen LogP contribution is 2.28. The fraction of sp³-hybridized carbons (Fsp3) is 0.308. The Kier molecular flexibility index (Phi) is 6.26. The molecule has 36 heavy (non-hydrogen) atoms. The molecule has 0 spiro atoms. The van der Waals surface area contributed by atoms with Gasteiger partial charge in [-0.2, -0.15) is 0 Å². The summed E-state index contributed by atoms with van der Waals surface area (Å²) >= 11 is 12.1. The van der Waals surface area contributed by atoms with Crippen molar-refractivity contribution in [1.29, 1.82) is 0 Å². The molecule has 0 radical (unpaired) electrons. The van der Waals surface area contributed by atoms with Crippen LogP contribution in [0.1, 0.15) is 58.3 Å². The van der Waals surface area contributed by atoms with Crippen molar-refractivity contribution in [3.63, 3.8) is 0 Å². The van der Waals surface area contributed by atoms with Crippen LogP contribution in [0.15, 0.2) is 41.2 Å². The fourth-order valence-electron chi connectivity index (χ4n) is 4.66. The van der Waals surface area contributed by atoms with Gasteiger partial charge in [0.25, 0.3) is 17.4 Å². The summed E-state index contributed by atoms with van der Waals surface area (Å²) in [6.07, 6.45) is 0.349. The molecule has 5 rings (SSSR count). The van der Waals surface area contributed by atoms with Gasteiger partial charge < -0.3 is 15.5 Å². The lowest BCUT2D eigenvalue weighted by Crippen LogP contribution is -2.46. The number of hydrogen-bond donors (Lipinski definition) is 2. The summed E-state index contributed by atoms with van der Waals surface area (Å²) in [5, 5.41) is 6.75. The molecule has 2 amide bonds. The Balaban J connectivity index is 1.58. The number of amides is 2. The maximum Gasteiger partial charge on any atom is 0.263 e. The molecule has 0 unspecified atom stereocenters. The number of aromatic nitrogens is 2. The minimum Gasteiger partial charge on any atom is -0.353 e. The number of benzene rings is 2. The van der Waals surface area contributed by atoms with Crippen molar-refractivity contribution in [2.45, 2.75) is 52.4 Å². The van der Waals surface area contributed by atoms with Crippen molar-refractivity contribution >= 4 is 41.0 Å². The topological polar surface area (TPSA) is 96.3 Å². The standard InChI is InChI=1S/C26H25Cl2N5O3/c1-13(2)30-26-31-22-12-32(24(35)15-5-7-20(27)21(28)9-15)14(3)8-19(22)25(36)33(26)17-6-4-16-11-29-23(34)18(16)10-17/h4-7,9-10,13-14H,8,11-12H2,1-3H3,(H,29,34)(H,30,31)/t14-/m1/s1. The molecule has 10 heteroatoms. The molecule has 0 aliphatic carbocycles. The van der Waals surface area contributed by atoms with Crippen LogP contribution in [-0.4, -0.2) is 38.3 Å². The highest BCUT2D eigenvalue weighted by atomic mass is 35.5. The minimum absolute atomic E-state index is 0.00427. The van der Waals surface area contributed by atoms with E-state index in [1.54, 1.807) is 29.2 Å². The molecule has 8 nitrogen and oxygen atoms in total. The predicted octanol–water partition coefficient (Wildman–Crippen LogP) is 4.19. The number of hydrogen-bond acceptors (Lipinski definition) is 5. The van der Waals surface area contributed by atoms with Crippen molar-refractivity contribution < 1.29 is 9.59 Å². The Morgan fingerprint density at radius 2 is 1.92 bits per heavy atom. The van der Waals surface area contributed by atoms with E-state index < -0.39 is 0 Å². The van der Waals surface area contributed by atoms with Gasteiger partial charge in [-0.25, -0.2) is 9.55 Å². The number of fused-ring (bicyclic) bond motifs is 2. The lowest BCUT2D eigenvalue weighted by Gasteiger charge is -2.35. The minimum atomic E-state index is -0.239. The highest BCUT2D eigenvalue weighted by Gasteiger charge is 2.32. The average Bonchev–Trinajstić information content (AvgIpc) is 3.20. The maximum atomic E-state index is 13.8. The van der Waals surface area contributed by atoms with E-state index in [9.17, 15) is 14.4 Å². The number of nitrogens with one attached hydrogen (secondary N) is 2. The summed E-state index contributed by atoms with van der Waals surface area (Å²) in [5.41, 5.74) is 3.33. The lowest BCUT2D eigenvalue weighted by molar-refractivity contribution is 0.0653. The molecule has 1 atom stereocenters. The summed E-state index contributed by atoms with van der Waals surface area (Å²) in [6.45, 7) is 6.47. The summed E-state index contributed by atoms with van der Waals surface area (Å²) in [5.74, 6) is -0.00133. The Morgan fingerprint density at radius 3 is 2.64 bits per heavy atom. The van der Waals surface area contributed by atoms with E-state index in [1.165, 1.54) is 4.57 Å². The van der Waals surface area contributed by atoms with E-state index in [2.05, 4.69) is 10.6 Å². The largest absolute Gasteiger partial charge is 0.353 e. The molecule has 2 N–H and O–H groups in total. The van der Waals surface area contributed by atoms with Crippen LogP contribution in [0, 0.1) is 0 Å². The number of anilines is 1. The van der Waals surface area contributed by atoms with Crippen LogP contribution >= 0.6 is 23.2 Å². The predicted molar refractivity (Wildman–Crippen MR) is 139 cm³/mol. The third-order valence-electron chi connectivity index (χ3n) is 6.49. The fourth-order valence-corrected chi connectivity index (χ4v) is 4.96. The third kappa shape index (κ3) is 4.24. The second kappa shape index (κ2) is 9.26. The molecule has 0 saturated heterocycles. The quantitative estimate of drug-likeness (QED) is 0.532. The number of halogens is 2.